The number of esters is 1. The lowest BCUT2D eigenvalue weighted by Crippen LogP contribution is -2.49. The lowest BCUT2D eigenvalue weighted by Gasteiger charge is -2.20. The number of imide groups is 1. The predicted molar refractivity (Wildman–Crippen MR) is 94.2 cm³/mol. The second-order valence-corrected chi connectivity index (χ2v) is 7.92. The molecule has 2 N–H and O–H groups in total. The zero-order valence-electron chi connectivity index (χ0n) is 14.0. The van der Waals surface area contributed by atoms with Crippen LogP contribution in [0.25, 0.3) is 0 Å². The molecule has 1 aromatic carbocycles. The topological polar surface area (TPSA) is 84.5 Å². The minimum atomic E-state index is -0.686. The zero-order chi connectivity index (χ0) is 18.3. The van der Waals surface area contributed by atoms with Crippen molar-refractivity contribution in [2.75, 3.05) is 6.61 Å². The molecule has 0 fully saturated rings. The molecular weight excluding hydrogens is 352 g/mol. The number of halogens is 1. The van der Waals surface area contributed by atoms with Crippen molar-refractivity contribution in [1.29, 1.82) is 0 Å². The summed E-state index contributed by atoms with van der Waals surface area (Å²) in [6.07, 6.45) is 0. The summed E-state index contributed by atoms with van der Waals surface area (Å²) in [6.45, 7) is 6.51. The Balaban J connectivity index is 2.37. The van der Waals surface area contributed by atoms with E-state index in [4.69, 9.17) is 16.3 Å². The minimum Gasteiger partial charge on any atom is -0.455 e. The van der Waals surface area contributed by atoms with Gasteiger partial charge in [-0.25, -0.2) is 4.79 Å². The highest BCUT2D eigenvalue weighted by molar-refractivity contribution is 8.00. The van der Waals surface area contributed by atoms with Crippen molar-refractivity contribution < 1.29 is 19.1 Å². The van der Waals surface area contributed by atoms with Crippen molar-refractivity contribution in [2.24, 2.45) is 0 Å². The van der Waals surface area contributed by atoms with Crippen LogP contribution >= 0.6 is 23.4 Å². The number of thioether (sulfide) groups is 1. The third-order valence-corrected chi connectivity index (χ3v) is 3.89. The van der Waals surface area contributed by atoms with Gasteiger partial charge in [0, 0.05) is 15.5 Å². The number of carbonyl (C=O) groups is 3. The Morgan fingerprint density at radius 3 is 2.33 bits per heavy atom. The van der Waals surface area contributed by atoms with Gasteiger partial charge in [0.25, 0.3) is 5.91 Å². The fraction of sp³-hybridized carbons (Fsp3) is 0.438. The Morgan fingerprint density at radius 1 is 1.21 bits per heavy atom. The zero-order valence-corrected chi connectivity index (χ0v) is 15.6. The lowest BCUT2D eigenvalue weighted by molar-refractivity contribution is -0.147. The van der Waals surface area contributed by atoms with Gasteiger partial charge in [0.05, 0.1) is 0 Å². The first kappa shape index (κ1) is 20.3. The van der Waals surface area contributed by atoms with Gasteiger partial charge in [0.15, 0.2) is 6.61 Å². The van der Waals surface area contributed by atoms with Gasteiger partial charge in [-0.1, -0.05) is 11.6 Å². The minimum absolute atomic E-state index is 0.467. The van der Waals surface area contributed by atoms with E-state index in [-0.39, 0.29) is 0 Å². The Hall–Kier alpha value is -1.73. The van der Waals surface area contributed by atoms with Crippen molar-refractivity contribution in [3.05, 3.63) is 29.3 Å². The molecule has 3 amide bonds. The van der Waals surface area contributed by atoms with E-state index in [0.29, 0.717) is 5.02 Å². The second-order valence-electron chi connectivity index (χ2n) is 6.07. The van der Waals surface area contributed by atoms with Crippen LogP contribution in [0.5, 0.6) is 0 Å². The summed E-state index contributed by atoms with van der Waals surface area (Å²) >= 11 is 7.09. The van der Waals surface area contributed by atoms with E-state index < -0.39 is 35.3 Å². The van der Waals surface area contributed by atoms with Crippen molar-refractivity contribution in [3.63, 3.8) is 0 Å². The standard InChI is InChI=1S/C16H21ClN2O4S/c1-10(24-12-7-5-11(17)6-8-12)14(21)23-9-13(20)18-15(22)19-16(2,3)4/h5-8,10H,9H2,1-4H3,(H2,18,19,20,22)/t10-/m1/s1. The summed E-state index contributed by atoms with van der Waals surface area (Å²) in [5.74, 6) is -1.23. The highest BCUT2D eigenvalue weighted by atomic mass is 35.5. The van der Waals surface area contributed by atoms with Gasteiger partial charge in [-0.05, 0) is 52.0 Å². The monoisotopic (exact) mass is 372 g/mol. The van der Waals surface area contributed by atoms with E-state index in [9.17, 15) is 14.4 Å². The van der Waals surface area contributed by atoms with Crippen LogP contribution in [0.3, 0.4) is 0 Å². The molecule has 0 aromatic heterocycles. The largest absolute Gasteiger partial charge is 0.455 e. The van der Waals surface area contributed by atoms with Gasteiger partial charge < -0.3 is 10.1 Å². The molecule has 8 heteroatoms. The highest BCUT2D eigenvalue weighted by Gasteiger charge is 2.19. The number of benzene rings is 1. The van der Waals surface area contributed by atoms with E-state index in [1.54, 1.807) is 52.0 Å². The normalized spacial score (nSPS) is 12.2. The lowest BCUT2D eigenvalue weighted by atomic mass is 10.1. The maximum Gasteiger partial charge on any atom is 0.321 e. The van der Waals surface area contributed by atoms with Gasteiger partial charge in [0.2, 0.25) is 0 Å². The fourth-order valence-electron chi connectivity index (χ4n) is 1.55. The average molecular weight is 373 g/mol. The molecule has 132 valence electrons. The van der Waals surface area contributed by atoms with Crippen LogP contribution in [-0.4, -0.2) is 35.3 Å². The number of carbonyl (C=O) groups excluding carboxylic acids is 3. The molecule has 0 spiro atoms. The van der Waals surface area contributed by atoms with E-state index in [2.05, 4.69) is 10.6 Å². The van der Waals surface area contributed by atoms with E-state index in [1.807, 2.05) is 0 Å². The molecule has 1 aromatic rings. The Kier molecular flexibility index (Phi) is 7.57. The molecule has 1 atom stereocenters. The van der Waals surface area contributed by atoms with Crippen LogP contribution in [0.1, 0.15) is 27.7 Å². The van der Waals surface area contributed by atoms with Crippen molar-refractivity contribution >= 4 is 41.3 Å². The third kappa shape index (κ3) is 8.21. The second kappa shape index (κ2) is 8.94. The molecule has 0 aliphatic rings. The van der Waals surface area contributed by atoms with Gasteiger partial charge in [-0.3, -0.25) is 14.9 Å². The number of nitrogens with one attached hydrogen (secondary N) is 2. The molecule has 24 heavy (non-hydrogen) atoms. The maximum atomic E-state index is 11.9. The Labute approximate surface area is 150 Å². The Morgan fingerprint density at radius 2 is 1.79 bits per heavy atom. The van der Waals surface area contributed by atoms with Crippen LogP contribution in [0.15, 0.2) is 29.2 Å². The van der Waals surface area contributed by atoms with Gasteiger partial charge in [-0.15, -0.1) is 11.8 Å². The molecule has 0 heterocycles. The van der Waals surface area contributed by atoms with E-state index in [0.717, 1.165) is 4.90 Å². The van der Waals surface area contributed by atoms with Crippen LogP contribution in [0, 0.1) is 0 Å². The van der Waals surface area contributed by atoms with E-state index >= 15 is 0 Å². The molecule has 1 rings (SSSR count). The van der Waals surface area contributed by atoms with Crippen molar-refractivity contribution in [2.45, 2.75) is 43.4 Å². The molecule has 6 nitrogen and oxygen atoms in total. The summed E-state index contributed by atoms with van der Waals surface area (Å²) in [6, 6.07) is 6.40. The van der Waals surface area contributed by atoms with Crippen LogP contribution in [0.2, 0.25) is 5.02 Å². The number of hydrogen-bond donors (Lipinski definition) is 2. The molecule has 0 bridgehead atoms. The summed E-state index contributed by atoms with van der Waals surface area (Å²) in [7, 11) is 0. The van der Waals surface area contributed by atoms with Gasteiger partial charge >= 0.3 is 12.0 Å². The number of amides is 3. The number of hydrogen-bond acceptors (Lipinski definition) is 5. The molecule has 0 aliphatic heterocycles. The molecule has 0 radical (unpaired) electrons. The summed E-state index contributed by atoms with van der Waals surface area (Å²) in [4.78, 5) is 35.9. The summed E-state index contributed by atoms with van der Waals surface area (Å²) in [5, 5.41) is 4.78. The maximum absolute atomic E-state index is 11.9. The average Bonchev–Trinajstić information content (AvgIpc) is 2.45. The summed E-state index contributed by atoms with van der Waals surface area (Å²) in [5.41, 5.74) is -0.467. The quantitative estimate of drug-likeness (QED) is 0.613. The van der Waals surface area contributed by atoms with Crippen LogP contribution < -0.4 is 10.6 Å². The van der Waals surface area contributed by atoms with Crippen molar-refractivity contribution in [1.82, 2.24) is 10.6 Å². The molecule has 0 saturated carbocycles. The number of rotatable bonds is 5. The SMILES string of the molecule is C[C@@H](Sc1ccc(Cl)cc1)C(=O)OCC(=O)NC(=O)NC(C)(C)C. The fourth-order valence-corrected chi connectivity index (χ4v) is 2.55. The molecule has 0 aliphatic carbocycles. The number of urea groups is 1. The highest BCUT2D eigenvalue weighted by Crippen LogP contribution is 2.25. The van der Waals surface area contributed by atoms with Crippen molar-refractivity contribution in [3.8, 4) is 0 Å². The molecular formula is C16H21ClN2O4S. The molecule has 0 unspecified atom stereocenters. The predicted octanol–water partition coefficient (Wildman–Crippen LogP) is 2.99. The number of ether oxygens (including phenoxy) is 1. The Bertz CT molecular complexity index is 599. The van der Waals surface area contributed by atoms with Crippen LogP contribution in [0.4, 0.5) is 4.79 Å². The van der Waals surface area contributed by atoms with Gasteiger partial charge in [-0.2, -0.15) is 0 Å². The summed E-state index contributed by atoms with van der Waals surface area (Å²) < 4.78 is 4.91. The molecule has 0 saturated heterocycles. The third-order valence-electron chi connectivity index (χ3n) is 2.55. The smallest absolute Gasteiger partial charge is 0.321 e. The first-order valence-corrected chi connectivity index (χ1v) is 8.53. The first-order chi connectivity index (χ1) is 11.1. The van der Waals surface area contributed by atoms with Gasteiger partial charge in [0.1, 0.15) is 5.25 Å². The van der Waals surface area contributed by atoms with Crippen LogP contribution in [-0.2, 0) is 14.3 Å². The van der Waals surface area contributed by atoms with E-state index in [1.165, 1.54) is 11.8 Å². The first-order valence-electron chi connectivity index (χ1n) is 7.27.